The number of carbonyl (C=O) groups is 1. The summed E-state index contributed by atoms with van der Waals surface area (Å²) >= 11 is 1.73. The van der Waals surface area contributed by atoms with Gasteiger partial charge in [-0.25, -0.2) is 0 Å². The zero-order valence-corrected chi connectivity index (χ0v) is 13.2. The SMILES string of the molecule is CSc1ccc(CNC(=O)CC(C)CC(C)C)cc1. The highest BCUT2D eigenvalue weighted by molar-refractivity contribution is 7.98. The fraction of sp³-hybridized carbons (Fsp3) is 0.562. The molecule has 0 bridgehead atoms. The predicted molar refractivity (Wildman–Crippen MR) is 83.3 cm³/mol. The normalized spacial score (nSPS) is 12.5. The average molecular weight is 279 g/mol. The van der Waals surface area contributed by atoms with E-state index in [9.17, 15) is 4.79 Å². The Bertz CT molecular complexity index is 386. The van der Waals surface area contributed by atoms with Gasteiger partial charge in [-0.05, 0) is 42.2 Å². The second kappa shape index (κ2) is 8.26. The Morgan fingerprint density at radius 3 is 2.37 bits per heavy atom. The van der Waals surface area contributed by atoms with Crippen molar-refractivity contribution in [3.63, 3.8) is 0 Å². The molecule has 106 valence electrons. The number of hydrogen-bond acceptors (Lipinski definition) is 2. The van der Waals surface area contributed by atoms with Crippen LogP contribution in [0.2, 0.25) is 0 Å². The third-order valence-electron chi connectivity index (χ3n) is 3.06. The number of amides is 1. The van der Waals surface area contributed by atoms with Crippen molar-refractivity contribution >= 4 is 17.7 Å². The summed E-state index contributed by atoms with van der Waals surface area (Å²) in [4.78, 5) is 13.1. The first-order valence-electron chi connectivity index (χ1n) is 6.91. The molecule has 1 unspecified atom stereocenters. The van der Waals surface area contributed by atoms with E-state index in [1.54, 1.807) is 11.8 Å². The fourth-order valence-corrected chi connectivity index (χ4v) is 2.63. The smallest absolute Gasteiger partial charge is 0.220 e. The summed E-state index contributed by atoms with van der Waals surface area (Å²) in [6.45, 7) is 7.16. The summed E-state index contributed by atoms with van der Waals surface area (Å²) in [5.74, 6) is 1.27. The summed E-state index contributed by atoms with van der Waals surface area (Å²) in [6, 6.07) is 8.33. The highest BCUT2D eigenvalue weighted by atomic mass is 32.2. The topological polar surface area (TPSA) is 29.1 Å². The summed E-state index contributed by atoms with van der Waals surface area (Å²) in [5, 5.41) is 2.99. The Morgan fingerprint density at radius 1 is 1.21 bits per heavy atom. The fourth-order valence-electron chi connectivity index (χ4n) is 2.22. The Balaban J connectivity index is 2.33. The van der Waals surface area contributed by atoms with Crippen LogP contribution in [0.1, 0.15) is 39.2 Å². The van der Waals surface area contributed by atoms with Crippen LogP contribution in [0, 0.1) is 11.8 Å². The van der Waals surface area contributed by atoms with Crippen LogP contribution in [0.15, 0.2) is 29.2 Å². The molecular formula is C16H25NOS. The van der Waals surface area contributed by atoms with E-state index >= 15 is 0 Å². The van der Waals surface area contributed by atoms with Crippen molar-refractivity contribution < 1.29 is 4.79 Å². The number of hydrogen-bond donors (Lipinski definition) is 1. The first-order valence-corrected chi connectivity index (χ1v) is 8.13. The highest BCUT2D eigenvalue weighted by Gasteiger charge is 2.10. The van der Waals surface area contributed by atoms with Crippen molar-refractivity contribution in [1.29, 1.82) is 0 Å². The molecule has 0 aliphatic heterocycles. The van der Waals surface area contributed by atoms with Crippen molar-refractivity contribution in [2.24, 2.45) is 11.8 Å². The molecule has 2 nitrogen and oxygen atoms in total. The molecule has 3 heteroatoms. The van der Waals surface area contributed by atoms with Crippen LogP contribution in [0.5, 0.6) is 0 Å². The molecular weight excluding hydrogens is 254 g/mol. The van der Waals surface area contributed by atoms with Crippen molar-refractivity contribution in [1.82, 2.24) is 5.32 Å². The maximum atomic E-state index is 11.8. The van der Waals surface area contributed by atoms with Crippen LogP contribution in [-0.2, 0) is 11.3 Å². The van der Waals surface area contributed by atoms with Gasteiger partial charge in [-0.1, -0.05) is 32.9 Å². The molecule has 1 aromatic rings. The quantitative estimate of drug-likeness (QED) is 0.761. The highest BCUT2D eigenvalue weighted by Crippen LogP contribution is 2.16. The van der Waals surface area contributed by atoms with Gasteiger partial charge >= 0.3 is 0 Å². The van der Waals surface area contributed by atoms with Crippen LogP contribution in [-0.4, -0.2) is 12.2 Å². The molecule has 0 saturated carbocycles. The first kappa shape index (κ1) is 16.1. The van der Waals surface area contributed by atoms with Crippen LogP contribution in [0.4, 0.5) is 0 Å². The molecule has 0 radical (unpaired) electrons. The largest absolute Gasteiger partial charge is 0.352 e. The lowest BCUT2D eigenvalue weighted by atomic mass is 9.96. The molecule has 0 saturated heterocycles. The molecule has 0 spiro atoms. The van der Waals surface area contributed by atoms with E-state index in [2.05, 4.69) is 56.6 Å². The lowest BCUT2D eigenvalue weighted by Gasteiger charge is -2.13. The second-order valence-electron chi connectivity index (χ2n) is 5.56. The van der Waals surface area contributed by atoms with E-state index in [-0.39, 0.29) is 5.91 Å². The van der Waals surface area contributed by atoms with Crippen molar-refractivity contribution in [3.8, 4) is 0 Å². The van der Waals surface area contributed by atoms with Gasteiger partial charge in [0, 0.05) is 17.9 Å². The monoisotopic (exact) mass is 279 g/mol. The number of benzene rings is 1. The molecule has 0 fully saturated rings. The van der Waals surface area contributed by atoms with Gasteiger partial charge in [0.15, 0.2) is 0 Å². The molecule has 0 aliphatic carbocycles. The van der Waals surface area contributed by atoms with Gasteiger partial charge in [0.25, 0.3) is 0 Å². The van der Waals surface area contributed by atoms with Gasteiger partial charge in [-0.15, -0.1) is 11.8 Å². The van der Waals surface area contributed by atoms with E-state index in [1.165, 1.54) is 4.90 Å². The number of carbonyl (C=O) groups excluding carboxylic acids is 1. The number of nitrogens with one attached hydrogen (secondary N) is 1. The molecule has 1 atom stereocenters. The molecule has 0 heterocycles. The molecule has 0 aromatic heterocycles. The predicted octanol–water partition coefficient (Wildman–Crippen LogP) is 4.10. The van der Waals surface area contributed by atoms with Gasteiger partial charge in [0.1, 0.15) is 0 Å². The van der Waals surface area contributed by atoms with Crippen LogP contribution in [0.3, 0.4) is 0 Å². The summed E-state index contributed by atoms with van der Waals surface area (Å²) in [5.41, 5.74) is 1.16. The van der Waals surface area contributed by atoms with Crippen LogP contribution >= 0.6 is 11.8 Å². The second-order valence-corrected chi connectivity index (χ2v) is 6.44. The van der Waals surface area contributed by atoms with Gasteiger partial charge in [-0.2, -0.15) is 0 Å². The van der Waals surface area contributed by atoms with E-state index in [0.29, 0.717) is 24.8 Å². The lowest BCUT2D eigenvalue weighted by molar-refractivity contribution is -0.122. The summed E-state index contributed by atoms with van der Waals surface area (Å²) < 4.78 is 0. The Morgan fingerprint density at radius 2 is 1.84 bits per heavy atom. The zero-order valence-electron chi connectivity index (χ0n) is 12.4. The molecule has 1 rings (SSSR count). The maximum Gasteiger partial charge on any atom is 0.220 e. The Hall–Kier alpha value is -0.960. The minimum atomic E-state index is 0.155. The average Bonchev–Trinajstić information content (AvgIpc) is 2.36. The standard InChI is InChI=1S/C16H25NOS/c1-12(2)9-13(3)10-16(18)17-11-14-5-7-15(19-4)8-6-14/h5-8,12-13H,9-11H2,1-4H3,(H,17,18). The third-order valence-corrected chi connectivity index (χ3v) is 3.80. The number of thioether (sulfide) groups is 1. The van der Waals surface area contributed by atoms with Gasteiger partial charge in [0.05, 0.1) is 0 Å². The Labute approximate surface area is 121 Å². The van der Waals surface area contributed by atoms with Gasteiger partial charge in [0.2, 0.25) is 5.91 Å². The zero-order chi connectivity index (χ0) is 14.3. The number of rotatable bonds is 7. The lowest BCUT2D eigenvalue weighted by Crippen LogP contribution is -2.24. The summed E-state index contributed by atoms with van der Waals surface area (Å²) in [7, 11) is 0. The van der Waals surface area contributed by atoms with Crippen molar-refractivity contribution in [3.05, 3.63) is 29.8 Å². The van der Waals surface area contributed by atoms with Crippen molar-refractivity contribution in [2.45, 2.75) is 45.1 Å². The molecule has 0 aliphatic rings. The van der Waals surface area contributed by atoms with E-state index < -0.39 is 0 Å². The molecule has 19 heavy (non-hydrogen) atoms. The van der Waals surface area contributed by atoms with Gasteiger partial charge in [-0.3, -0.25) is 4.79 Å². The van der Waals surface area contributed by atoms with Crippen LogP contribution in [0.25, 0.3) is 0 Å². The summed E-state index contributed by atoms with van der Waals surface area (Å²) in [6.07, 6.45) is 3.80. The minimum Gasteiger partial charge on any atom is -0.352 e. The third kappa shape index (κ3) is 6.67. The molecule has 1 amide bonds. The minimum absolute atomic E-state index is 0.155. The van der Waals surface area contributed by atoms with E-state index in [0.717, 1.165) is 12.0 Å². The van der Waals surface area contributed by atoms with Crippen LogP contribution < -0.4 is 5.32 Å². The molecule has 1 aromatic carbocycles. The van der Waals surface area contributed by atoms with E-state index in [1.807, 2.05) is 0 Å². The van der Waals surface area contributed by atoms with Gasteiger partial charge < -0.3 is 5.32 Å². The molecule has 1 N–H and O–H groups in total. The van der Waals surface area contributed by atoms with Crippen molar-refractivity contribution in [2.75, 3.05) is 6.26 Å². The Kier molecular flexibility index (Phi) is 7.00. The first-order chi connectivity index (χ1) is 9.01. The maximum absolute atomic E-state index is 11.8. The van der Waals surface area contributed by atoms with E-state index in [4.69, 9.17) is 0 Å².